The SMILES string of the molecule is Cc1nn(C)c(C)c1S(=O)(=O)NCc1ccnc(N2CCCCC2)n1. The average molecular weight is 364 g/mol. The number of hydrogen-bond acceptors (Lipinski definition) is 6. The van der Waals surface area contributed by atoms with E-state index in [9.17, 15) is 8.42 Å². The van der Waals surface area contributed by atoms with Gasteiger partial charge in [0.25, 0.3) is 0 Å². The first-order chi connectivity index (χ1) is 11.9. The number of piperidine rings is 1. The first-order valence-electron chi connectivity index (χ1n) is 8.45. The van der Waals surface area contributed by atoms with Crippen molar-refractivity contribution >= 4 is 16.0 Å². The minimum atomic E-state index is -3.64. The van der Waals surface area contributed by atoms with Gasteiger partial charge in [0, 0.05) is 26.3 Å². The topological polar surface area (TPSA) is 93.0 Å². The molecule has 3 heterocycles. The van der Waals surface area contributed by atoms with E-state index >= 15 is 0 Å². The summed E-state index contributed by atoms with van der Waals surface area (Å²) in [6.07, 6.45) is 5.19. The monoisotopic (exact) mass is 364 g/mol. The Morgan fingerprint density at radius 1 is 1.20 bits per heavy atom. The standard InChI is InChI=1S/C16H24N6O2S/c1-12-15(13(2)21(3)20-12)25(23,24)18-11-14-7-8-17-16(19-14)22-9-5-4-6-10-22/h7-8,18H,4-6,9-11H2,1-3H3. The molecule has 0 radical (unpaired) electrons. The number of rotatable bonds is 5. The Labute approximate surface area is 148 Å². The molecule has 0 amide bonds. The molecule has 1 aliphatic heterocycles. The van der Waals surface area contributed by atoms with Crippen molar-refractivity contribution in [3.8, 4) is 0 Å². The number of sulfonamides is 1. The third-order valence-electron chi connectivity index (χ3n) is 4.49. The molecule has 0 aliphatic carbocycles. The summed E-state index contributed by atoms with van der Waals surface area (Å²) in [6.45, 7) is 5.46. The summed E-state index contributed by atoms with van der Waals surface area (Å²) in [7, 11) is -1.91. The predicted octanol–water partition coefficient (Wildman–Crippen LogP) is 1.30. The molecule has 2 aromatic heterocycles. The van der Waals surface area contributed by atoms with Gasteiger partial charge in [-0.05, 0) is 39.2 Å². The van der Waals surface area contributed by atoms with Crippen LogP contribution in [0.1, 0.15) is 36.3 Å². The number of aromatic nitrogens is 4. The van der Waals surface area contributed by atoms with Crippen molar-refractivity contribution in [3.63, 3.8) is 0 Å². The number of nitrogens with zero attached hydrogens (tertiary/aromatic N) is 5. The van der Waals surface area contributed by atoms with Gasteiger partial charge >= 0.3 is 0 Å². The lowest BCUT2D eigenvalue weighted by Crippen LogP contribution is -2.31. The van der Waals surface area contributed by atoms with Crippen LogP contribution in [-0.4, -0.2) is 41.3 Å². The van der Waals surface area contributed by atoms with Gasteiger partial charge in [-0.25, -0.2) is 23.1 Å². The molecule has 0 unspecified atom stereocenters. The molecule has 1 saturated heterocycles. The fraction of sp³-hybridized carbons (Fsp3) is 0.562. The molecule has 0 aromatic carbocycles. The highest BCUT2D eigenvalue weighted by Gasteiger charge is 2.23. The molecule has 3 rings (SSSR count). The summed E-state index contributed by atoms with van der Waals surface area (Å²) in [4.78, 5) is 11.2. The second kappa shape index (κ2) is 7.09. The zero-order chi connectivity index (χ0) is 18.0. The second-order valence-corrected chi connectivity index (χ2v) is 8.05. The van der Waals surface area contributed by atoms with E-state index in [1.807, 2.05) is 0 Å². The Bertz CT molecular complexity index is 856. The lowest BCUT2D eigenvalue weighted by molar-refractivity contribution is 0.565. The van der Waals surface area contributed by atoms with Gasteiger partial charge in [-0.2, -0.15) is 5.10 Å². The molecular weight excluding hydrogens is 340 g/mol. The summed E-state index contributed by atoms with van der Waals surface area (Å²) < 4.78 is 29.5. The number of anilines is 1. The van der Waals surface area contributed by atoms with Gasteiger partial charge in [0.2, 0.25) is 16.0 Å². The van der Waals surface area contributed by atoms with E-state index < -0.39 is 10.0 Å². The highest BCUT2D eigenvalue weighted by atomic mass is 32.2. The molecule has 0 saturated carbocycles. The van der Waals surface area contributed by atoms with Gasteiger partial charge in [0.1, 0.15) is 4.90 Å². The van der Waals surface area contributed by atoms with Crippen LogP contribution in [0.4, 0.5) is 5.95 Å². The minimum absolute atomic E-state index is 0.124. The van der Waals surface area contributed by atoms with Gasteiger partial charge in [-0.1, -0.05) is 0 Å². The van der Waals surface area contributed by atoms with E-state index in [2.05, 4.69) is 24.7 Å². The van der Waals surface area contributed by atoms with E-state index in [-0.39, 0.29) is 11.4 Å². The molecular formula is C16H24N6O2S. The molecule has 9 heteroatoms. The van der Waals surface area contributed by atoms with E-state index in [1.165, 1.54) is 6.42 Å². The van der Waals surface area contributed by atoms with Crippen molar-refractivity contribution in [2.24, 2.45) is 7.05 Å². The normalized spacial score (nSPS) is 15.6. The van der Waals surface area contributed by atoms with Crippen LogP contribution in [0.5, 0.6) is 0 Å². The zero-order valence-electron chi connectivity index (χ0n) is 14.9. The third-order valence-corrected chi connectivity index (χ3v) is 6.15. The van der Waals surface area contributed by atoms with E-state index in [1.54, 1.807) is 37.8 Å². The molecule has 1 N–H and O–H groups in total. The van der Waals surface area contributed by atoms with Crippen LogP contribution < -0.4 is 9.62 Å². The molecule has 136 valence electrons. The van der Waals surface area contributed by atoms with Gasteiger partial charge in [0.05, 0.1) is 23.6 Å². The summed E-state index contributed by atoms with van der Waals surface area (Å²) in [5, 5.41) is 4.17. The smallest absolute Gasteiger partial charge is 0.244 e. The van der Waals surface area contributed by atoms with E-state index in [4.69, 9.17) is 0 Å². The number of hydrogen-bond donors (Lipinski definition) is 1. The lowest BCUT2D eigenvalue weighted by Gasteiger charge is -2.26. The van der Waals surface area contributed by atoms with Crippen molar-refractivity contribution in [2.45, 2.75) is 44.6 Å². The largest absolute Gasteiger partial charge is 0.341 e. The first kappa shape index (κ1) is 17.8. The van der Waals surface area contributed by atoms with Crippen molar-refractivity contribution in [1.29, 1.82) is 0 Å². The Morgan fingerprint density at radius 3 is 2.56 bits per heavy atom. The van der Waals surface area contributed by atoms with Crippen LogP contribution in [0.2, 0.25) is 0 Å². The van der Waals surface area contributed by atoms with Crippen LogP contribution >= 0.6 is 0 Å². The lowest BCUT2D eigenvalue weighted by atomic mass is 10.1. The van der Waals surface area contributed by atoms with Crippen LogP contribution in [0.15, 0.2) is 17.2 Å². The number of nitrogens with one attached hydrogen (secondary N) is 1. The number of aryl methyl sites for hydroxylation is 2. The van der Waals surface area contributed by atoms with Crippen LogP contribution in [-0.2, 0) is 23.6 Å². The first-order valence-corrected chi connectivity index (χ1v) is 9.93. The molecule has 0 bridgehead atoms. The Kier molecular flexibility index (Phi) is 5.05. The van der Waals surface area contributed by atoms with Crippen LogP contribution in [0.25, 0.3) is 0 Å². The fourth-order valence-corrected chi connectivity index (χ4v) is 4.55. The van der Waals surface area contributed by atoms with E-state index in [0.717, 1.165) is 25.9 Å². The van der Waals surface area contributed by atoms with Gasteiger partial charge in [-0.3, -0.25) is 4.68 Å². The fourth-order valence-electron chi connectivity index (χ4n) is 3.11. The molecule has 1 fully saturated rings. The maximum absolute atomic E-state index is 12.6. The second-order valence-electron chi connectivity index (χ2n) is 6.34. The molecule has 2 aromatic rings. The van der Waals surface area contributed by atoms with Crippen molar-refractivity contribution in [2.75, 3.05) is 18.0 Å². The summed E-state index contributed by atoms with van der Waals surface area (Å²) in [5.41, 5.74) is 1.75. The van der Waals surface area contributed by atoms with E-state index in [0.29, 0.717) is 23.0 Å². The molecule has 0 spiro atoms. The summed E-state index contributed by atoms with van der Waals surface area (Å²) >= 11 is 0. The van der Waals surface area contributed by atoms with Crippen molar-refractivity contribution in [3.05, 3.63) is 29.3 Å². The minimum Gasteiger partial charge on any atom is -0.341 e. The third kappa shape index (κ3) is 3.82. The van der Waals surface area contributed by atoms with Gasteiger partial charge in [-0.15, -0.1) is 0 Å². The maximum Gasteiger partial charge on any atom is 0.244 e. The molecule has 0 atom stereocenters. The summed E-state index contributed by atoms with van der Waals surface area (Å²) in [6, 6.07) is 1.74. The Balaban J connectivity index is 1.74. The van der Waals surface area contributed by atoms with Gasteiger partial charge in [0.15, 0.2) is 0 Å². The highest BCUT2D eigenvalue weighted by molar-refractivity contribution is 7.89. The van der Waals surface area contributed by atoms with Crippen LogP contribution in [0, 0.1) is 13.8 Å². The zero-order valence-corrected chi connectivity index (χ0v) is 15.7. The Hall–Kier alpha value is -2.00. The highest BCUT2D eigenvalue weighted by Crippen LogP contribution is 2.19. The van der Waals surface area contributed by atoms with Crippen molar-refractivity contribution in [1.82, 2.24) is 24.5 Å². The Morgan fingerprint density at radius 2 is 1.92 bits per heavy atom. The molecule has 1 aliphatic rings. The molecule has 25 heavy (non-hydrogen) atoms. The average Bonchev–Trinajstić information content (AvgIpc) is 2.87. The summed E-state index contributed by atoms with van der Waals surface area (Å²) in [5.74, 6) is 0.671. The van der Waals surface area contributed by atoms with Crippen LogP contribution in [0.3, 0.4) is 0 Å². The molecule has 8 nitrogen and oxygen atoms in total. The van der Waals surface area contributed by atoms with Crippen molar-refractivity contribution < 1.29 is 8.42 Å². The quantitative estimate of drug-likeness (QED) is 0.859. The predicted molar refractivity (Wildman–Crippen MR) is 94.8 cm³/mol. The van der Waals surface area contributed by atoms with Gasteiger partial charge < -0.3 is 4.90 Å². The maximum atomic E-state index is 12.6.